The Hall–Kier alpha value is -3.60. The number of ether oxygens (including phenoxy) is 1. The summed E-state index contributed by atoms with van der Waals surface area (Å²) in [7, 11) is 1.32. The van der Waals surface area contributed by atoms with Gasteiger partial charge in [0.2, 0.25) is 0 Å². The maximum atomic E-state index is 12.5. The molecule has 29 heavy (non-hydrogen) atoms. The molecule has 3 aromatic carbocycles. The van der Waals surface area contributed by atoms with E-state index in [4.69, 9.17) is 10.3 Å². The van der Waals surface area contributed by atoms with Gasteiger partial charge in [-0.05, 0) is 22.2 Å². The number of carbonyl (C=O) groups is 1. The van der Waals surface area contributed by atoms with Crippen LogP contribution in [0.1, 0.15) is 16.7 Å². The van der Waals surface area contributed by atoms with E-state index in [9.17, 15) is 4.79 Å². The van der Waals surface area contributed by atoms with Crippen molar-refractivity contribution < 1.29 is 9.53 Å². The molecule has 0 aliphatic rings. The lowest BCUT2D eigenvalue weighted by Crippen LogP contribution is -2.54. The molecule has 6 heteroatoms. The van der Waals surface area contributed by atoms with Gasteiger partial charge in [0.15, 0.2) is 0 Å². The Balaban J connectivity index is 2.27. The molecular formula is C23H22N4O2. The summed E-state index contributed by atoms with van der Waals surface area (Å²) in [5.41, 5.74) is 10.8. The van der Waals surface area contributed by atoms with E-state index in [1.165, 1.54) is 7.11 Å². The molecule has 0 fully saturated rings. The highest BCUT2D eigenvalue weighted by atomic mass is 16.5. The fourth-order valence-electron chi connectivity index (χ4n) is 3.52. The molecule has 0 amide bonds. The third kappa shape index (κ3) is 4.29. The van der Waals surface area contributed by atoms with Gasteiger partial charge in [0.05, 0.1) is 19.2 Å². The minimum Gasteiger partial charge on any atom is -0.468 e. The van der Waals surface area contributed by atoms with Crippen LogP contribution < -0.4 is 5.32 Å². The topological polar surface area (TPSA) is 87.1 Å². The van der Waals surface area contributed by atoms with Gasteiger partial charge < -0.3 is 4.74 Å². The molecule has 0 unspecified atom stereocenters. The Morgan fingerprint density at radius 2 is 1.34 bits per heavy atom. The average Bonchev–Trinajstić information content (AvgIpc) is 2.81. The number of hydrogen-bond donors (Lipinski definition) is 1. The maximum Gasteiger partial charge on any atom is 0.323 e. The first-order valence-corrected chi connectivity index (χ1v) is 9.25. The quantitative estimate of drug-likeness (QED) is 0.204. The zero-order valence-corrected chi connectivity index (χ0v) is 16.1. The summed E-state index contributed by atoms with van der Waals surface area (Å²) < 4.78 is 4.98. The van der Waals surface area contributed by atoms with Gasteiger partial charge in [-0.25, -0.2) is 0 Å². The molecule has 0 bridgehead atoms. The number of methoxy groups -OCH3 is 1. The fraction of sp³-hybridized carbons (Fsp3) is 0.174. The van der Waals surface area contributed by atoms with Crippen molar-refractivity contribution in [1.29, 1.82) is 0 Å². The summed E-state index contributed by atoms with van der Waals surface area (Å²) in [5, 5.41) is 7.09. The second-order valence-electron chi connectivity index (χ2n) is 6.48. The normalized spacial score (nSPS) is 11.9. The van der Waals surface area contributed by atoms with Crippen molar-refractivity contribution in [1.82, 2.24) is 5.32 Å². The van der Waals surface area contributed by atoms with Crippen LogP contribution >= 0.6 is 0 Å². The van der Waals surface area contributed by atoms with E-state index in [-0.39, 0.29) is 6.54 Å². The van der Waals surface area contributed by atoms with Crippen LogP contribution in [0.25, 0.3) is 10.4 Å². The number of hydrogen-bond acceptors (Lipinski definition) is 4. The summed E-state index contributed by atoms with van der Waals surface area (Å²) in [6, 6.07) is 28.8. The van der Waals surface area contributed by atoms with Crippen LogP contribution in [0.5, 0.6) is 0 Å². The summed E-state index contributed by atoms with van der Waals surface area (Å²) in [4.78, 5) is 15.3. The predicted octanol–water partition coefficient (Wildman–Crippen LogP) is 4.42. The molecule has 0 radical (unpaired) electrons. The van der Waals surface area contributed by atoms with Gasteiger partial charge in [-0.15, -0.1) is 0 Å². The van der Waals surface area contributed by atoms with Gasteiger partial charge in [-0.1, -0.05) is 96.1 Å². The van der Waals surface area contributed by atoms with Crippen LogP contribution in [0.4, 0.5) is 0 Å². The van der Waals surface area contributed by atoms with E-state index in [2.05, 4.69) is 15.3 Å². The minimum atomic E-state index is -0.854. The maximum absolute atomic E-state index is 12.5. The number of nitrogens with zero attached hydrogens (tertiary/aromatic N) is 3. The third-order valence-corrected chi connectivity index (χ3v) is 4.82. The summed E-state index contributed by atoms with van der Waals surface area (Å²) >= 11 is 0. The number of nitrogens with one attached hydrogen (secondary N) is 1. The van der Waals surface area contributed by atoms with E-state index in [0.29, 0.717) is 0 Å². The van der Waals surface area contributed by atoms with Gasteiger partial charge in [0.1, 0.15) is 6.04 Å². The monoisotopic (exact) mass is 386 g/mol. The van der Waals surface area contributed by atoms with Crippen molar-refractivity contribution in [3.05, 3.63) is 118 Å². The van der Waals surface area contributed by atoms with E-state index < -0.39 is 17.6 Å². The molecule has 3 rings (SSSR count). The summed E-state index contributed by atoms with van der Waals surface area (Å²) in [6.07, 6.45) is 0. The first kappa shape index (κ1) is 20.1. The highest BCUT2D eigenvalue weighted by Gasteiger charge is 2.39. The molecule has 0 heterocycles. The van der Waals surface area contributed by atoms with Gasteiger partial charge in [-0.2, -0.15) is 0 Å². The number of rotatable bonds is 8. The molecule has 0 aliphatic heterocycles. The Kier molecular flexibility index (Phi) is 6.63. The molecule has 3 aromatic rings. The molecule has 0 spiro atoms. The lowest BCUT2D eigenvalue weighted by molar-refractivity contribution is -0.143. The number of esters is 1. The van der Waals surface area contributed by atoms with Crippen LogP contribution in [0, 0.1) is 0 Å². The van der Waals surface area contributed by atoms with Crippen LogP contribution in [-0.2, 0) is 15.1 Å². The SMILES string of the molecule is COC(=O)[C@H](CN=[N+]=[N-])NC(c1ccccc1)(c1ccccc1)c1ccccc1. The van der Waals surface area contributed by atoms with Crippen molar-refractivity contribution in [2.24, 2.45) is 5.11 Å². The fourth-order valence-corrected chi connectivity index (χ4v) is 3.52. The molecule has 146 valence electrons. The largest absolute Gasteiger partial charge is 0.468 e. The minimum absolute atomic E-state index is 0.0720. The zero-order chi connectivity index (χ0) is 20.5. The van der Waals surface area contributed by atoms with E-state index in [1.807, 2.05) is 91.0 Å². The molecule has 0 aliphatic carbocycles. The van der Waals surface area contributed by atoms with E-state index in [0.717, 1.165) is 16.7 Å². The van der Waals surface area contributed by atoms with Crippen molar-refractivity contribution in [3.8, 4) is 0 Å². The number of carbonyl (C=O) groups excluding carboxylic acids is 1. The van der Waals surface area contributed by atoms with Gasteiger partial charge in [0.25, 0.3) is 0 Å². The van der Waals surface area contributed by atoms with Gasteiger partial charge in [0, 0.05) is 4.91 Å². The smallest absolute Gasteiger partial charge is 0.323 e. The van der Waals surface area contributed by atoms with Crippen molar-refractivity contribution in [2.45, 2.75) is 11.6 Å². The van der Waals surface area contributed by atoms with Crippen LogP contribution in [0.2, 0.25) is 0 Å². The average molecular weight is 386 g/mol. The van der Waals surface area contributed by atoms with E-state index in [1.54, 1.807) is 0 Å². The van der Waals surface area contributed by atoms with Gasteiger partial charge in [-0.3, -0.25) is 10.1 Å². The second kappa shape index (κ2) is 9.55. The Bertz CT molecular complexity index is 875. The highest BCUT2D eigenvalue weighted by Crippen LogP contribution is 2.37. The first-order chi connectivity index (χ1) is 14.2. The molecule has 0 saturated heterocycles. The van der Waals surface area contributed by atoms with Crippen LogP contribution in [0.3, 0.4) is 0 Å². The van der Waals surface area contributed by atoms with Crippen LogP contribution in [-0.4, -0.2) is 25.7 Å². The lowest BCUT2D eigenvalue weighted by Gasteiger charge is -2.39. The number of azide groups is 1. The highest BCUT2D eigenvalue weighted by molar-refractivity contribution is 5.76. The summed E-state index contributed by atoms with van der Waals surface area (Å²) in [5.74, 6) is -0.496. The molecule has 1 atom stereocenters. The van der Waals surface area contributed by atoms with E-state index >= 15 is 0 Å². The Morgan fingerprint density at radius 1 is 0.931 bits per heavy atom. The molecule has 0 saturated carbocycles. The Morgan fingerprint density at radius 3 is 1.69 bits per heavy atom. The van der Waals surface area contributed by atoms with Crippen molar-refractivity contribution >= 4 is 5.97 Å². The van der Waals surface area contributed by atoms with Gasteiger partial charge >= 0.3 is 5.97 Å². The molecule has 1 N–H and O–H groups in total. The molecule has 0 aromatic heterocycles. The first-order valence-electron chi connectivity index (χ1n) is 9.25. The predicted molar refractivity (Wildman–Crippen MR) is 112 cm³/mol. The second-order valence-corrected chi connectivity index (χ2v) is 6.48. The Labute approximate surface area is 169 Å². The number of benzene rings is 3. The zero-order valence-electron chi connectivity index (χ0n) is 16.1. The molecule has 6 nitrogen and oxygen atoms in total. The van der Waals surface area contributed by atoms with Crippen molar-refractivity contribution in [3.63, 3.8) is 0 Å². The molecular weight excluding hydrogens is 364 g/mol. The third-order valence-electron chi connectivity index (χ3n) is 4.82. The summed E-state index contributed by atoms with van der Waals surface area (Å²) in [6.45, 7) is -0.0720. The lowest BCUT2D eigenvalue weighted by atomic mass is 9.76. The standard InChI is InChI=1S/C23H22N4O2/c1-29-22(28)21(17-25-27-24)26-23(18-11-5-2-6-12-18,19-13-7-3-8-14-19)20-15-9-4-10-16-20/h2-16,21,26H,17H2,1H3/t21-/m0/s1. The van der Waals surface area contributed by atoms with Crippen LogP contribution in [0.15, 0.2) is 96.1 Å². The van der Waals surface area contributed by atoms with Crippen molar-refractivity contribution in [2.75, 3.05) is 13.7 Å².